The lowest BCUT2D eigenvalue weighted by Gasteiger charge is -2.21. The van der Waals surface area contributed by atoms with Gasteiger partial charge in [0.2, 0.25) is 15.9 Å². The number of para-hydroxylation sites is 1. The Hall–Kier alpha value is -2.98. The van der Waals surface area contributed by atoms with Crippen molar-refractivity contribution in [2.24, 2.45) is 5.14 Å². The molecule has 2 aromatic rings. The summed E-state index contributed by atoms with van der Waals surface area (Å²) in [4.78, 5) is 24.2. The molecule has 2 rings (SSSR count). The van der Waals surface area contributed by atoms with Gasteiger partial charge in [0.05, 0.1) is 9.82 Å². The molecule has 3 N–H and O–H groups in total. The molecule has 0 unspecified atom stereocenters. The van der Waals surface area contributed by atoms with E-state index in [-0.39, 0.29) is 29.5 Å². The van der Waals surface area contributed by atoms with Gasteiger partial charge in [-0.05, 0) is 31.2 Å². The molecule has 0 bridgehead atoms. The molecule has 9 nitrogen and oxygen atoms in total. The fourth-order valence-corrected chi connectivity index (χ4v) is 3.07. The van der Waals surface area contributed by atoms with Crippen LogP contribution in [0.1, 0.15) is 13.3 Å². The molecule has 2 aromatic carbocycles. The Labute approximate surface area is 157 Å². The van der Waals surface area contributed by atoms with E-state index in [1.807, 2.05) is 37.3 Å². The van der Waals surface area contributed by atoms with Crippen molar-refractivity contribution in [3.63, 3.8) is 0 Å². The summed E-state index contributed by atoms with van der Waals surface area (Å²) in [6.45, 7) is 2.50. The highest BCUT2D eigenvalue weighted by Gasteiger charge is 2.19. The fraction of sp³-hybridized carbons (Fsp3) is 0.235. The molecular weight excluding hydrogens is 372 g/mol. The average molecular weight is 392 g/mol. The van der Waals surface area contributed by atoms with Crippen LogP contribution in [0, 0.1) is 10.1 Å². The van der Waals surface area contributed by atoms with Crippen LogP contribution in [0.5, 0.6) is 0 Å². The summed E-state index contributed by atoms with van der Waals surface area (Å²) in [6.07, 6.45) is 0.108. The SMILES string of the molecule is CCN(C(=O)CCNc1ccc(S(N)(=O)=O)cc1[N+](=O)[O-])c1ccccc1. The highest BCUT2D eigenvalue weighted by atomic mass is 32.2. The second kappa shape index (κ2) is 8.60. The number of hydrogen-bond acceptors (Lipinski definition) is 6. The monoisotopic (exact) mass is 392 g/mol. The number of nitrogens with zero attached hydrogens (tertiary/aromatic N) is 2. The number of anilines is 2. The summed E-state index contributed by atoms with van der Waals surface area (Å²) in [6, 6.07) is 12.5. The lowest BCUT2D eigenvalue weighted by atomic mass is 10.2. The summed E-state index contributed by atoms with van der Waals surface area (Å²) in [5.41, 5.74) is 0.459. The largest absolute Gasteiger partial charge is 0.379 e. The van der Waals surface area contributed by atoms with E-state index in [2.05, 4.69) is 5.32 Å². The Morgan fingerprint density at radius 2 is 1.89 bits per heavy atom. The van der Waals surface area contributed by atoms with Crippen molar-refractivity contribution in [1.82, 2.24) is 0 Å². The average Bonchev–Trinajstić information content (AvgIpc) is 2.62. The Morgan fingerprint density at radius 1 is 1.22 bits per heavy atom. The van der Waals surface area contributed by atoms with Crippen LogP contribution >= 0.6 is 0 Å². The molecule has 0 radical (unpaired) electrons. The first-order valence-electron chi connectivity index (χ1n) is 8.14. The van der Waals surface area contributed by atoms with Crippen molar-refractivity contribution in [2.75, 3.05) is 23.3 Å². The first kappa shape index (κ1) is 20.3. The molecule has 0 atom stereocenters. The topological polar surface area (TPSA) is 136 Å². The molecule has 27 heavy (non-hydrogen) atoms. The Morgan fingerprint density at radius 3 is 2.44 bits per heavy atom. The lowest BCUT2D eigenvalue weighted by Crippen LogP contribution is -2.31. The number of rotatable bonds is 8. The van der Waals surface area contributed by atoms with E-state index < -0.39 is 20.6 Å². The third-order valence-electron chi connectivity index (χ3n) is 3.83. The van der Waals surface area contributed by atoms with E-state index >= 15 is 0 Å². The van der Waals surface area contributed by atoms with Gasteiger partial charge in [-0.1, -0.05) is 18.2 Å². The minimum absolute atomic E-state index is 0.108. The predicted molar refractivity (Wildman–Crippen MR) is 102 cm³/mol. The second-order valence-corrected chi connectivity index (χ2v) is 7.19. The molecule has 0 heterocycles. The number of nitro groups is 1. The predicted octanol–water partition coefficient (Wildman–Crippen LogP) is 2.10. The zero-order valence-electron chi connectivity index (χ0n) is 14.7. The Kier molecular flexibility index (Phi) is 6.48. The molecule has 10 heteroatoms. The number of carbonyl (C=O) groups is 1. The van der Waals surface area contributed by atoms with Gasteiger partial charge in [-0.2, -0.15) is 0 Å². The Bertz CT molecular complexity index is 932. The highest BCUT2D eigenvalue weighted by Crippen LogP contribution is 2.27. The molecule has 1 amide bonds. The summed E-state index contributed by atoms with van der Waals surface area (Å²) in [5.74, 6) is -0.139. The normalized spacial score (nSPS) is 11.0. The minimum atomic E-state index is -4.05. The van der Waals surface area contributed by atoms with Crippen LogP contribution in [-0.4, -0.2) is 32.3 Å². The summed E-state index contributed by atoms with van der Waals surface area (Å²) >= 11 is 0. The van der Waals surface area contributed by atoms with Crippen LogP contribution < -0.4 is 15.4 Å². The molecule has 0 aliphatic heterocycles. The van der Waals surface area contributed by atoms with Gasteiger partial charge in [0, 0.05) is 31.3 Å². The van der Waals surface area contributed by atoms with Crippen LogP contribution in [0.2, 0.25) is 0 Å². The quantitative estimate of drug-likeness (QED) is 0.521. The number of sulfonamides is 1. The number of nitro benzene ring substituents is 1. The maximum atomic E-state index is 12.4. The molecule has 144 valence electrons. The van der Waals surface area contributed by atoms with Crippen molar-refractivity contribution < 1.29 is 18.1 Å². The highest BCUT2D eigenvalue weighted by molar-refractivity contribution is 7.89. The van der Waals surface area contributed by atoms with E-state index in [0.29, 0.717) is 6.54 Å². The van der Waals surface area contributed by atoms with Crippen molar-refractivity contribution in [3.05, 3.63) is 58.6 Å². The van der Waals surface area contributed by atoms with Crippen LogP contribution in [0.3, 0.4) is 0 Å². The number of benzene rings is 2. The molecule has 0 aliphatic carbocycles. The number of nitrogens with one attached hydrogen (secondary N) is 1. The molecule has 0 saturated carbocycles. The van der Waals surface area contributed by atoms with Crippen LogP contribution in [0.25, 0.3) is 0 Å². The van der Waals surface area contributed by atoms with E-state index in [9.17, 15) is 23.3 Å². The van der Waals surface area contributed by atoms with Gasteiger partial charge in [0.15, 0.2) is 0 Å². The van der Waals surface area contributed by atoms with Crippen LogP contribution in [0.15, 0.2) is 53.4 Å². The number of carbonyl (C=O) groups excluding carboxylic acids is 1. The van der Waals surface area contributed by atoms with E-state index in [1.165, 1.54) is 12.1 Å². The van der Waals surface area contributed by atoms with Gasteiger partial charge in [0.1, 0.15) is 5.69 Å². The number of hydrogen-bond donors (Lipinski definition) is 2. The van der Waals surface area contributed by atoms with Crippen LogP contribution in [-0.2, 0) is 14.8 Å². The third-order valence-corrected chi connectivity index (χ3v) is 4.74. The zero-order valence-corrected chi connectivity index (χ0v) is 15.5. The van der Waals surface area contributed by atoms with Gasteiger partial charge in [-0.3, -0.25) is 14.9 Å². The van der Waals surface area contributed by atoms with Gasteiger partial charge in [-0.15, -0.1) is 0 Å². The van der Waals surface area contributed by atoms with Crippen LogP contribution in [0.4, 0.5) is 17.1 Å². The summed E-state index contributed by atoms with van der Waals surface area (Å²) in [5, 5.41) is 19.0. The summed E-state index contributed by atoms with van der Waals surface area (Å²) in [7, 11) is -4.05. The molecule has 0 aliphatic rings. The first-order valence-corrected chi connectivity index (χ1v) is 9.69. The summed E-state index contributed by atoms with van der Waals surface area (Å²) < 4.78 is 22.7. The Balaban J connectivity index is 2.08. The standard InChI is InChI=1S/C17H20N4O5S/c1-2-20(13-6-4-3-5-7-13)17(22)10-11-19-15-9-8-14(27(18,25)26)12-16(15)21(23)24/h3-9,12,19H,2,10-11H2,1H3,(H2,18,25,26). The number of amides is 1. The van der Waals surface area contributed by atoms with E-state index in [0.717, 1.165) is 11.8 Å². The zero-order chi connectivity index (χ0) is 20.0. The van der Waals surface area contributed by atoms with Crippen molar-refractivity contribution in [2.45, 2.75) is 18.2 Å². The van der Waals surface area contributed by atoms with Gasteiger partial charge >= 0.3 is 0 Å². The van der Waals surface area contributed by atoms with Crippen molar-refractivity contribution in [3.8, 4) is 0 Å². The third kappa shape index (κ3) is 5.25. The van der Waals surface area contributed by atoms with Crippen molar-refractivity contribution >= 4 is 33.0 Å². The van der Waals surface area contributed by atoms with E-state index in [1.54, 1.807) is 4.90 Å². The molecule has 0 saturated heterocycles. The van der Waals surface area contributed by atoms with Gasteiger partial charge < -0.3 is 10.2 Å². The molecular formula is C17H20N4O5S. The van der Waals surface area contributed by atoms with Crippen molar-refractivity contribution in [1.29, 1.82) is 0 Å². The number of nitrogens with two attached hydrogens (primary N) is 1. The minimum Gasteiger partial charge on any atom is -0.379 e. The molecule has 0 fully saturated rings. The van der Waals surface area contributed by atoms with E-state index in [4.69, 9.17) is 5.14 Å². The number of primary sulfonamides is 1. The van der Waals surface area contributed by atoms with Gasteiger partial charge in [-0.25, -0.2) is 13.6 Å². The lowest BCUT2D eigenvalue weighted by molar-refractivity contribution is -0.384. The van der Waals surface area contributed by atoms with Gasteiger partial charge in [0.25, 0.3) is 5.69 Å². The molecule has 0 spiro atoms. The smallest absolute Gasteiger partial charge is 0.293 e. The second-order valence-electron chi connectivity index (χ2n) is 5.63. The maximum absolute atomic E-state index is 12.4. The first-order chi connectivity index (χ1) is 12.7. The maximum Gasteiger partial charge on any atom is 0.293 e. The fourth-order valence-electron chi connectivity index (χ4n) is 2.54. The molecule has 0 aromatic heterocycles.